The second kappa shape index (κ2) is 6.77. The van der Waals surface area contributed by atoms with Gasteiger partial charge in [-0.2, -0.15) is 0 Å². The Hall–Kier alpha value is -1.92. The quantitative estimate of drug-likeness (QED) is 0.848. The first-order chi connectivity index (χ1) is 12.2. The van der Waals surface area contributed by atoms with Gasteiger partial charge in [0.1, 0.15) is 5.01 Å². The lowest BCUT2D eigenvalue weighted by Crippen LogP contribution is -2.29. The molecule has 0 radical (unpaired) electrons. The number of fused-ring (bicyclic) bond motifs is 1. The Bertz CT molecular complexity index is 745. The van der Waals surface area contributed by atoms with Crippen molar-refractivity contribution in [3.05, 3.63) is 34.8 Å². The van der Waals surface area contributed by atoms with Gasteiger partial charge < -0.3 is 9.80 Å². The van der Waals surface area contributed by atoms with Crippen LogP contribution in [0, 0.1) is 0 Å². The standard InChI is InChI=1S/C19H24N4OS/c1-3-22-10-8-16-17(9-11-22)25-18(20-16)14-4-6-15(7-5-14)23-13-12-21(2)19(23)24/h4-7H,3,8-13H2,1-2H3. The fourth-order valence-corrected chi connectivity index (χ4v) is 4.62. The van der Waals surface area contributed by atoms with Gasteiger partial charge in [-0.1, -0.05) is 6.92 Å². The highest BCUT2D eigenvalue weighted by molar-refractivity contribution is 7.15. The molecular weight excluding hydrogens is 332 g/mol. The number of rotatable bonds is 3. The van der Waals surface area contributed by atoms with Gasteiger partial charge in [0, 0.05) is 55.8 Å². The summed E-state index contributed by atoms with van der Waals surface area (Å²) in [6.07, 6.45) is 2.15. The summed E-state index contributed by atoms with van der Waals surface area (Å²) >= 11 is 1.83. The first-order valence-corrected chi connectivity index (χ1v) is 9.81. The summed E-state index contributed by atoms with van der Waals surface area (Å²) in [6.45, 7) is 7.13. The van der Waals surface area contributed by atoms with Crippen molar-refractivity contribution >= 4 is 23.1 Å². The molecule has 4 rings (SSSR count). The summed E-state index contributed by atoms with van der Waals surface area (Å²) in [5.74, 6) is 0. The Morgan fingerprint density at radius 2 is 1.84 bits per heavy atom. The lowest BCUT2D eigenvalue weighted by atomic mass is 10.2. The highest BCUT2D eigenvalue weighted by Crippen LogP contribution is 2.32. The number of hydrogen-bond acceptors (Lipinski definition) is 4. The van der Waals surface area contributed by atoms with Crippen LogP contribution in [0.1, 0.15) is 17.5 Å². The van der Waals surface area contributed by atoms with Crippen LogP contribution in [0.5, 0.6) is 0 Å². The maximum Gasteiger partial charge on any atom is 0.324 e. The fraction of sp³-hybridized carbons (Fsp3) is 0.474. The molecule has 0 unspecified atom stereocenters. The number of amides is 2. The maximum absolute atomic E-state index is 12.1. The van der Waals surface area contributed by atoms with Gasteiger partial charge in [0.25, 0.3) is 0 Å². The number of benzene rings is 1. The van der Waals surface area contributed by atoms with Crippen LogP contribution in [0.3, 0.4) is 0 Å². The SMILES string of the molecule is CCN1CCc2nc(-c3ccc(N4CCN(C)C4=O)cc3)sc2CC1. The molecule has 0 N–H and O–H groups in total. The minimum absolute atomic E-state index is 0.0780. The Morgan fingerprint density at radius 1 is 1.08 bits per heavy atom. The van der Waals surface area contributed by atoms with E-state index in [2.05, 4.69) is 24.0 Å². The van der Waals surface area contributed by atoms with Gasteiger partial charge in [-0.05, 0) is 37.2 Å². The highest BCUT2D eigenvalue weighted by atomic mass is 32.1. The van der Waals surface area contributed by atoms with Crippen molar-refractivity contribution in [2.75, 3.05) is 44.7 Å². The summed E-state index contributed by atoms with van der Waals surface area (Å²) in [7, 11) is 1.85. The van der Waals surface area contributed by atoms with E-state index in [1.165, 1.54) is 10.6 Å². The van der Waals surface area contributed by atoms with E-state index in [1.54, 1.807) is 4.90 Å². The zero-order valence-corrected chi connectivity index (χ0v) is 15.7. The van der Waals surface area contributed by atoms with E-state index in [9.17, 15) is 4.79 Å². The monoisotopic (exact) mass is 356 g/mol. The Labute approximate surface area is 152 Å². The molecule has 2 aromatic rings. The molecule has 1 aromatic carbocycles. The molecule has 2 aliphatic heterocycles. The third-order valence-corrected chi connectivity index (χ3v) is 6.39. The number of likely N-dealkylation sites (N-methyl/N-ethyl adjacent to an activating group) is 2. The topological polar surface area (TPSA) is 39.7 Å². The van der Waals surface area contributed by atoms with Gasteiger partial charge >= 0.3 is 6.03 Å². The van der Waals surface area contributed by atoms with E-state index in [-0.39, 0.29) is 6.03 Å². The summed E-state index contributed by atoms with van der Waals surface area (Å²) in [4.78, 5) is 24.5. The van der Waals surface area contributed by atoms with E-state index in [0.29, 0.717) is 0 Å². The van der Waals surface area contributed by atoms with Crippen molar-refractivity contribution in [2.24, 2.45) is 0 Å². The molecule has 0 bridgehead atoms. The Morgan fingerprint density at radius 3 is 2.52 bits per heavy atom. The summed E-state index contributed by atoms with van der Waals surface area (Å²) in [5, 5.41) is 1.10. The Kier molecular flexibility index (Phi) is 4.48. The van der Waals surface area contributed by atoms with Crippen LogP contribution >= 0.6 is 11.3 Å². The third kappa shape index (κ3) is 3.16. The Balaban J connectivity index is 1.53. The molecule has 6 heteroatoms. The van der Waals surface area contributed by atoms with Crippen molar-refractivity contribution in [3.63, 3.8) is 0 Å². The van der Waals surface area contributed by atoms with E-state index >= 15 is 0 Å². The number of carbonyl (C=O) groups is 1. The van der Waals surface area contributed by atoms with E-state index in [0.717, 1.165) is 61.8 Å². The third-order valence-electron chi connectivity index (χ3n) is 5.19. The minimum Gasteiger partial charge on any atom is -0.326 e. The molecule has 2 amide bonds. The van der Waals surface area contributed by atoms with Gasteiger partial charge in [0.05, 0.1) is 5.69 Å². The molecule has 0 saturated carbocycles. The molecule has 0 atom stereocenters. The van der Waals surface area contributed by atoms with E-state index in [4.69, 9.17) is 4.98 Å². The van der Waals surface area contributed by atoms with E-state index < -0.39 is 0 Å². The van der Waals surface area contributed by atoms with Gasteiger partial charge in [-0.3, -0.25) is 4.90 Å². The number of nitrogens with zero attached hydrogens (tertiary/aromatic N) is 4. The molecule has 2 aliphatic rings. The van der Waals surface area contributed by atoms with Crippen molar-refractivity contribution < 1.29 is 4.79 Å². The maximum atomic E-state index is 12.1. The zero-order chi connectivity index (χ0) is 17.4. The first-order valence-electron chi connectivity index (χ1n) is 8.99. The summed E-state index contributed by atoms with van der Waals surface area (Å²) in [6, 6.07) is 8.35. The normalized spacial score (nSPS) is 18.6. The number of carbonyl (C=O) groups excluding carboxylic acids is 1. The van der Waals surface area contributed by atoms with Crippen molar-refractivity contribution in [2.45, 2.75) is 19.8 Å². The molecule has 132 valence electrons. The van der Waals surface area contributed by atoms with Gasteiger partial charge in [-0.15, -0.1) is 11.3 Å². The van der Waals surface area contributed by atoms with Crippen molar-refractivity contribution in [1.82, 2.24) is 14.8 Å². The number of hydrogen-bond donors (Lipinski definition) is 0. The molecule has 25 heavy (non-hydrogen) atoms. The molecule has 0 spiro atoms. The molecule has 3 heterocycles. The summed E-state index contributed by atoms with van der Waals surface area (Å²) < 4.78 is 0. The second-order valence-electron chi connectivity index (χ2n) is 6.73. The second-order valence-corrected chi connectivity index (χ2v) is 7.81. The van der Waals surface area contributed by atoms with Crippen LogP contribution in [0.2, 0.25) is 0 Å². The number of anilines is 1. The van der Waals surface area contributed by atoms with Crippen LogP contribution in [0.25, 0.3) is 10.6 Å². The number of aromatic nitrogens is 1. The minimum atomic E-state index is 0.0780. The fourth-order valence-electron chi connectivity index (χ4n) is 3.52. The van der Waals surface area contributed by atoms with Crippen LogP contribution < -0.4 is 4.90 Å². The van der Waals surface area contributed by atoms with Gasteiger partial charge in [-0.25, -0.2) is 9.78 Å². The molecular formula is C19H24N4OS. The number of thiazole rings is 1. The summed E-state index contributed by atoms with van der Waals surface area (Å²) in [5.41, 5.74) is 3.39. The predicted octanol–water partition coefficient (Wildman–Crippen LogP) is 3.10. The average molecular weight is 356 g/mol. The van der Waals surface area contributed by atoms with Gasteiger partial charge in [0.15, 0.2) is 0 Å². The largest absolute Gasteiger partial charge is 0.326 e. The first kappa shape index (κ1) is 16.5. The molecule has 0 aliphatic carbocycles. The van der Waals surface area contributed by atoms with Crippen LogP contribution in [0.4, 0.5) is 10.5 Å². The van der Waals surface area contributed by atoms with Crippen LogP contribution in [-0.4, -0.2) is 60.6 Å². The van der Waals surface area contributed by atoms with Crippen LogP contribution in [0.15, 0.2) is 24.3 Å². The molecule has 1 fully saturated rings. The molecule has 1 aromatic heterocycles. The highest BCUT2D eigenvalue weighted by Gasteiger charge is 2.26. The average Bonchev–Trinajstić information content (AvgIpc) is 3.13. The number of urea groups is 1. The lowest BCUT2D eigenvalue weighted by Gasteiger charge is -2.16. The van der Waals surface area contributed by atoms with Crippen LogP contribution in [-0.2, 0) is 12.8 Å². The lowest BCUT2D eigenvalue weighted by molar-refractivity contribution is 0.229. The zero-order valence-electron chi connectivity index (χ0n) is 14.9. The van der Waals surface area contributed by atoms with Crippen molar-refractivity contribution in [3.8, 4) is 10.6 Å². The smallest absolute Gasteiger partial charge is 0.324 e. The molecule has 5 nitrogen and oxygen atoms in total. The van der Waals surface area contributed by atoms with E-state index in [1.807, 2.05) is 35.4 Å². The van der Waals surface area contributed by atoms with Crippen molar-refractivity contribution in [1.29, 1.82) is 0 Å². The predicted molar refractivity (Wildman–Crippen MR) is 102 cm³/mol. The molecule has 1 saturated heterocycles. The van der Waals surface area contributed by atoms with Gasteiger partial charge in [0.2, 0.25) is 0 Å².